The summed E-state index contributed by atoms with van der Waals surface area (Å²) in [6, 6.07) is 9.45. The summed E-state index contributed by atoms with van der Waals surface area (Å²) in [6.45, 7) is 5.72. The minimum atomic E-state index is -3.23. The van der Waals surface area contributed by atoms with Crippen LogP contribution in [0.25, 0.3) is 0 Å². The van der Waals surface area contributed by atoms with Crippen molar-refractivity contribution in [2.75, 3.05) is 0 Å². The molecule has 4 heteroatoms. The number of sulfonamides is 1. The first-order chi connectivity index (χ1) is 8.47. The topological polar surface area (TPSA) is 46.2 Å². The van der Waals surface area contributed by atoms with Crippen molar-refractivity contribution in [3.63, 3.8) is 0 Å². The van der Waals surface area contributed by atoms with E-state index in [2.05, 4.69) is 11.6 Å². The maximum Gasteiger partial charge on any atom is 0.214 e. The fourth-order valence-electron chi connectivity index (χ4n) is 1.82. The van der Waals surface area contributed by atoms with Crippen molar-refractivity contribution >= 4 is 10.0 Å². The maximum absolute atomic E-state index is 12.1. The summed E-state index contributed by atoms with van der Waals surface area (Å²) < 4.78 is 27.0. The molecule has 0 radical (unpaired) electrons. The van der Waals surface area contributed by atoms with Gasteiger partial charge in [0.05, 0.1) is 5.25 Å². The van der Waals surface area contributed by atoms with Crippen molar-refractivity contribution in [1.29, 1.82) is 0 Å². The zero-order chi connectivity index (χ0) is 13.6. The number of nitrogens with one attached hydrogen (secondary N) is 1. The average molecular weight is 269 g/mol. The van der Waals surface area contributed by atoms with Gasteiger partial charge in [-0.05, 0) is 25.8 Å². The smallest absolute Gasteiger partial charge is 0.212 e. The Bertz CT molecular complexity index is 442. The first kappa shape index (κ1) is 15.2. The number of rotatable bonds is 7. The van der Waals surface area contributed by atoms with Crippen molar-refractivity contribution in [2.24, 2.45) is 0 Å². The van der Waals surface area contributed by atoms with Crippen molar-refractivity contribution in [1.82, 2.24) is 4.72 Å². The molecule has 18 heavy (non-hydrogen) atoms. The molecule has 1 N–H and O–H groups in total. The fraction of sp³-hybridized carbons (Fsp3) is 0.571. The van der Waals surface area contributed by atoms with Crippen molar-refractivity contribution in [2.45, 2.75) is 51.3 Å². The van der Waals surface area contributed by atoms with Crippen LogP contribution in [0.3, 0.4) is 0 Å². The molecule has 0 aliphatic heterocycles. The van der Waals surface area contributed by atoms with E-state index >= 15 is 0 Å². The Morgan fingerprint density at radius 1 is 1.17 bits per heavy atom. The number of hydrogen-bond donors (Lipinski definition) is 1. The predicted octanol–water partition coefficient (Wildman–Crippen LogP) is 3.25. The van der Waals surface area contributed by atoms with Gasteiger partial charge in [-0.1, -0.05) is 50.1 Å². The van der Waals surface area contributed by atoms with Gasteiger partial charge in [-0.2, -0.15) is 0 Å². The second-order valence-electron chi connectivity index (χ2n) is 4.75. The highest BCUT2D eigenvalue weighted by molar-refractivity contribution is 7.90. The van der Waals surface area contributed by atoms with E-state index in [1.54, 1.807) is 6.92 Å². The van der Waals surface area contributed by atoms with Crippen LogP contribution in [-0.2, 0) is 10.0 Å². The third-order valence-corrected chi connectivity index (χ3v) is 5.11. The summed E-state index contributed by atoms with van der Waals surface area (Å²) >= 11 is 0. The van der Waals surface area contributed by atoms with E-state index in [0.29, 0.717) is 6.42 Å². The summed E-state index contributed by atoms with van der Waals surface area (Å²) in [7, 11) is -3.23. The van der Waals surface area contributed by atoms with E-state index in [9.17, 15) is 8.42 Å². The maximum atomic E-state index is 12.1. The highest BCUT2D eigenvalue weighted by Gasteiger charge is 2.22. The van der Waals surface area contributed by atoms with Gasteiger partial charge in [0.2, 0.25) is 10.0 Å². The lowest BCUT2D eigenvalue weighted by Crippen LogP contribution is -2.34. The standard InChI is InChI=1S/C14H23NO2S/c1-4-5-9-12(2)18(16,17)15-13(3)14-10-7-6-8-11-14/h6-8,10-13,15H,4-5,9H2,1-3H3/t12-,13+/m0/s1. The van der Waals surface area contributed by atoms with Gasteiger partial charge in [-0.3, -0.25) is 0 Å². The first-order valence-electron chi connectivity index (χ1n) is 6.53. The zero-order valence-corrected chi connectivity index (χ0v) is 12.2. The van der Waals surface area contributed by atoms with Gasteiger partial charge < -0.3 is 0 Å². The number of unbranched alkanes of at least 4 members (excludes halogenated alkanes) is 1. The third-order valence-electron chi connectivity index (χ3n) is 3.13. The lowest BCUT2D eigenvalue weighted by atomic mass is 10.1. The lowest BCUT2D eigenvalue weighted by molar-refractivity contribution is 0.544. The predicted molar refractivity (Wildman–Crippen MR) is 75.9 cm³/mol. The molecule has 0 fully saturated rings. The van der Waals surface area contributed by atoms with Gasteiger partial charge in [-0.15, -0.1) is 0 Å². The molecule has 3 nitrogen and oxygen atoms in total. The minimum absolute atomic E-state index is 0.180. The molecule has 0 aliphatic rings. The van der Waals surface area contributed by atoms with E-state index in [1.807, 2.05) is 37.3 Å². The first-order valence-corrected chi connectivity index (χ1v) is 8.08. The molecule has 102 valence electrons. The molecular formula is C14H23NO2S. The van der Waals surface area contributed by atoms with Crippen LogP contribution in [0.4, 0.5) is 0 Å². The molecule has 1 aromatic rings. The minimum Gasteiger partial charge on any atom is -0.212 e. The summed E-state index contributed by atoms with van der Waals surface area (Å²) in [4.78, 5) is 0. The molecule has 0 bridgehead atoms. The Morgan fingerprint density at radius 3 is 2.33 bits per heavy atom. The lowest BCUT2D eigenvalue weighted by Gasteiger charge is -2.18. The van der Waals surface area contributed by atoms with Gasteiger partial charge in [0.15, 0.2) is 0 Å². The monoisotopic (exact) mass is 269 g/mol. The molecular weight excluding hydrogens is 246 g/mol. The van der Waals surface area contributed by atoms with Crippen LogP contribution in [0.5, 0.6) is 0 Å². The molecule has 0 heterocycles. The Labute approximate surface area is 111 Å². The van der Waals surface area contributed by atoms with Crippen LogP contribution in [0.2, 0.25) is 0 Å². The Hall–Kier alpha value is -0.870. The van der Waals surface area contributed by atoms with Crippen LogP contribution in [0.1, 0.15) is 51.6 Å². The summed E-state index contributed by atoms with van der Waals surface area (Å²) in [5.74, 6) is 0. The molecule has 0 amide bonds. The van der Waals surface area contributed by atoms with Crippen LogP contribution < -0.4 is 4.72 Å². The Kier molecular flexibility index (Phi) is 5.82. The third kappa shape index (κ3) is 4.42. The van der Waals surface area contributed by atoms with Crippen LogP contribution in [-0.4, -0.2) is 13.7 Å². The largest absolute Gasteiger partial charge is 0.214 e. The van der Waals surface area contributed by atoms with Crippen molar-refractivity contribution in [3.05, 3.63) is 35.9 Å². The van der Waals surface area contributed by atoms with E-state index in [0.717, 1.165) is 18.4 Å². The molecule has 0 unspecified atom stereocenters. The quantitative estimate of drug-likeness (QED) is 0.826. The Morgan fingerprint density at radius 2 is 1.78 bits per heavy atom. The van der Waals surface area contributed by atoms with Gasteiger partial charge >= 0.3 is 0 Å². The molecule has 0 aromatic heterocycles. The van der Waals surface area contributed by atoms with Gasteiger partial charge in [0, 0.05) is 6.04 Å². The summed E-state index contributed by atoms with van der Waals surface area (Å²) in [6.07, 6.45) is 2.68. The van der Waals surface area contributed by atoms with Crippen LogP contribution in [0.15, 0.2) is 30.3 Å². The van der Waals surface area contributed by atoms with E-state index in [-0.39, 0.29) is 11.3 Å². The van der Waals surface area contributed by atoms with Crippen LogP contribution >= 0.6 is 0 Å². The van der Waals surface area contributed by atoms with Crippen molar-refractivity contribution < 1.29 is 8.42 Å². The average Bonchev–Trinajstić information content (AvgIpc) is 2.36. The van der Waals surface area contributed by atoms with E-state index < -0.39 is 10.0 Å². The normalized spacial score (nSPS) is 15.3. The molecule has 1 rings (SSSR count). The SMILES string of the molecule is CCCC[C@H](C)S(=O)(=O)N[C@H](C)c1ccccc1. The van der Waals surface area contributed by atoms with Crippen LogP contribution in [0, 0.1) is 0 Å². The Balaban J connectivity index is 2.65. The molecule has 0 saturated carbocycles. The van der Waals surface area contributed by atoms with Gasteiger partial charge in [-0.25, -0.2) is 13.1 Å². The molecule has 0 saturated heterocycles. The number of hydrogen-bond acceptors (Lipinski definition) is 2. The fourth-order valence-corrected chi connectivity index (χ4v) is 3.16. The van der Waals surface area contributed by atoms with Crippen molar-refractivity contribution in [3.8, 4) is 0 Å². The highest BCUT2D eigenvalue weighted by Crippen LogP contribution is 2.16. The summed E-state index contributed by atoms with van der Waals surface area (Å²) in [5, 5.41) is -0.330. The van der Waals surface area contributed by atoms with Gasteiger partial charge in [0.1, 0.15) is 0 Å². The molecule has 0 aliphatic carbocycles. The molecule has 1 aromatic carbocycles. The number of benzene rings is 1. The van der Waals surface area contributed by atoms with E-state index in [1.165, 1.54) is 0 Å². The second kappa shape index (κ2) is 6.90. The molecule has 2 atom stereocenters. The van der Waals surface area contributed by atoms with E-state index in [4.69, 9.17) is 0 Å². The van der Waals surface area contributed by atoms with Gasteiger partial charge in [0.25, 0.3) is 0 Å². The summed E-state index contributed by atoms with van der Waals surface area (Å²) in [5.41, 5.74) is 0.990. The zero-order valence-electron chi connectivity index (χ0n) is 11.4. The second-order valence-corrected chi connectivity index (χ2v) is 6.88. The highest BCUT2D eigenvalue weighted by atomic mass is 32.2. The molecule has 0 spiro atoms.